The normalized spacial score (nSPS) is 15.5. The highest BCUT2D eigenvalue weighted by Crippen LogP contribution is 2.20. The molecule has 0 aromatic carbocycles. The Labute approximate surface area is 133 Å². The van der Waals surface area contributed by atoms with E-state index in [0.717, 1.165) is 30.8 Å². The first kappa shape index (κ1) is 15.0. The summed E-state index contributed by atoms with van der Waals surface area (Å²) in [5.41, 5.74) is 0.486. The van der Waals surface area contributed by atoms with Crippen LogP contribution in [0.3, 0.4) is 0 Å². The smallest absolute Gasteiger partial charge is 0.254 e. The number of carbonyl (C=O) groups excluding carboxylic acids is 1. The van der Waals surface area contributed by atoms with Crippen LogP contribution in [-0.4, -0.2) is 33.4 Å². The lowest BCUT2D eigenvalue weighted by atomic mass is 10.2. The summed E-state index contributed by atoms with van der Waals surface area (Å²) in [4.78, 5) is 31.6. The van der Waals surface area contributed by atoms with Crippen molar-refractivity contribution in [1.29, 1.82) is 0 Å². The summed E-state index contributed by atoms with van der Waals surface area (Å²) in [6, 6.07) is 5.36. The second kappa shape index (κ2) is 6.87. The summed E-state index contributed by atoms with van der Waals surface area (Å²) in [5.74, 6) is 0.00896. The van der Waals surface area contributed by atoms with Gasteiger partial charge in [0.05, 0.1) is 16.9 Å². The molecule has 0 aliphatic carbocycles. The van der Waals surface area contributed by atoms with Crippen molar-refractivity contribution in [1.82, 2.24) is 14.5 Å². The van der Waals surface area contributed by atoms with E-state index in [0.29, 0.717) is 5.69 Å². The molecule has 0 radical (unpaired) electrons. The van der Waals surface area contributed by atoms with E-state index in [1.165, 1.54) is 29.8 Å². The SMILES string of the molecule is O=C(Cn1cnc(-c2cccs2)cc1=O)N1CCCCCC1. The Morgan fingerprint density at radius 1 is 1.23 bits per heavy atom. The molecule has 5 nitrogen and oxygen atoms in total. The van der Waals surface area contributed by atoms with Gasteiger partial charge in [0, 0.05) is 19.2 Å². The van der Waals surface area contributed by atoms with Gasteiger partial charge in [-0.25, -0.2) is 4.98 Å². The van der Waals surface area contributed by atoms with Crippen LogP contribution in [0.1, 0.15) is 25.7 Å². The predicted octanol–water partition coefficient (Wildman–Crippen LogP) is 2.37. The van der Waals surface area contributed by atoms with Crippen molar-refractivity contribution >= 4 is 17.2 Å². The summed E-state index contributed by atoms with van der Waals surface area (Å²) in [6.07, 6.45) is 5.95. The summed E-state index contributed by atoms with van der Waals surface area (Å²) in [5, 5.41) is 1.95. The van der Waals surface area contributed by atoms with E-state index in [-0.39, 0.29) is 18.0 Å². The topological polar surface area (TPSA) is 55.2 Å². The van der Waals surface area contributed by atoms with Gasteiger partial charge in [-0.1, -0.05) is 18.9 Å². The Bertz CT molecular complexity index is 686. The molecule has 0 saturated carbocycles. The molecule has 1 fully saturated rings. The first-order valence-electron chi connectivity index (χ1n) is 7.62. The Balaban J connectivity index is 1.72. The zero-order chi connectivity index (χ0) is 15.4. The van der Waals surface area contributed by atoms with Crippen molar-refractivity contribution in [2.24, 2.45) is 0 Å². The minimum atomic E-state index is -0.179. The molecule has 2 aromatic rings. The summed E-state index contributed by atoms with van der Waals surface area (Å²) in [6.45, 7) is 1.68. The number of aromatic nitrogens is 2. The van der Waals surface area contributed by atoms with Gasteiger partial charge in [0.15, 0.2) is 0 Å². The van der Waals surface area contributed by atoms with Crippen LogP contribution < -0.4 is 5.56 Å². The molecule has 1 saturated heterocycles. The number of rotatable bonds is 3. The number of thiophene rings is 1. The van der Waals surface area contributed by atoms with Crippen molar-refractivity contribution in [3.8, 4) is 10.6 Å². The molecule has 1 aliphatic rings. The summed E-state index contributed by atoms with van der Waals surface area (Å²) < 4.78 is 1.39. The van der Waals surface area contributed by atoms with Gasteiger partial charge >= 0.3 is 0 Å². The lowest BCUT2D eigenvalue weighted by Crippen LogP contribution is -2.37. The maximum atomic E-state index is 12.3. The molecule has 6 heteroatoms. The highest BCUT2D eigenvalue weighted by atomic mass is 32.1. The van der Waals surface area contributed by atoms with Gasteiger partial charge in [0.2, 0.25) is 5.91 Å². The number of hydrogen-bond donors (Lipinski definition) is 0. The van der Waals surface area contributed by atoms with Crippen LogP contribution in [-0.2, 0) is 11.3 Å². The highest BCUT2D eigenvalue weighted by molar-refractivity contribution is 7.13. The van der Waals surface area contributed by atoms with Crippen molar-refractivity contribution < 1.29 is 4.79 Å². The second-order valence-electron chi connectivity index (χ2n) is 5.51. The summed E-state index contributed by atoms with van der Waals surface area (Å²) in [7, 11) is 0. The lowest BCUT2D eigenvalue weighted by Gasteiger charge is -2.20. The maximum absolute atomic E-state index is 12.3. The number of likely N-dealkylation sites (tertiary alicyclic amines) is 1. The molecule has 0 bridgehead atoms. The molecular formula is C16H19N3O2S. The largest absolute Gasteiger partial charge is 0.341 e. The number of hydrogen-bond acceptors (Lipinski definition) is 4. The van der Waals surface area contributed by atoms with Gasteiger partial charge in [-0.15, -0.1) is 11.3 Å². The molecule has 3 heterocycles. The second-order valence-corrected chi connectivity index (χ2v) is 6.46. The van der Waals surface area contributed by atoms with Crippen LogP contribution in [0.4, 0.5) is 0 Å². The number of amides is 1. The Hall–Kier alpha value is -1.95. The molecule has 1 aliphatic heterocycles. The van der Waals surface area contributed by atoms with Gasteiger partial charge in [0.25, 0.3) is 5.56 Å². The lowest BCUT2D eigenvalue weighted by molar-refractivity contribution is -0.131. The van der Waals surface area contributed by atoms with Crippen LogP contribution in [0.15, 0.2) is 34.7 Å². The van der Waals surface area contributed by atoms with Crippen molar-refractivity contribution in [2.45, 2.75) is 32.2 Å². The maximum Gasteiger partial charge on any atom is 0.254 e. The first-order chi connectivity index (χ1) is 10.7. The standard InChI is InChI=1S/C16H19N3O2S/c20-15-10-13(14-6-5-9-22-14)17-12-19(15)11-16(21)18-7-3-1-2-4-8-18/h5-6,9-10,12H,1-4,7-8,11H2. The van der Waals surface area contributed by atoms with Crippen LogP contribution in [0.2, 0.25) is 0 Å². The van der Waals surface area contributed by atoms with Crippen molar-refractivity contribution in [2.75, 3.05) is 13.1 Å². The van der Waals surface area contributed by atoms with Crippen LogP contribution >= 0.6 is 11.3 Å². The zero-order valence-corrected chi connectivity index (χ0v) is 13.2. The Morgan fingerprint density at radius 3 is 2.64 bits per heavy atom. The fourth-order valence-corrected chi connectivity index (χ4v) is 3.36. The molecule has 0 atom stereocenters. The summed E-state index contributed by atoms with van der Waals surface area (Å²) >= 11 is 1.54. The minimum Gasteiger partial charge on any atom is -0.341 e. The predicted molar refractivity (Wildman–Crippen MR) is 86.9 cm³/mol. The molecule has 3 rings (SSSR count). The average molecular weight is 317 g/mol. The third-order valence-electron chi connectivity index (χ3n) is 3.92. The third-order valence-corrected chi connectivity index (χ3v) is 4.81. The van der Waals surface area contributed by atoms with E-state index in [9.17, 15) is 9.59 Å². The molecule has 0 spiro atoms. The van der Waals surface area contributed by atoms with E-state index in [2.05, 4.69) is 4.98 Å². The molecule has 0 unspecified atom stereocenters. The first-order valence-corrected chi connectivity index (χ1v) is 8.50. The molecule has 1 amide bonds. The fourth-order valence-electron chi connectivity index (χ4n) is 2.67. The molecule has 22 heavy (non-hydrogen) atoms. The molecule has 116 valence electrons. The van der Waals surface area contributed by atoms with Gasteiger partial charge in [-0.2, -0.15) is 0 Å². The van der Waals surface area contributed by atoms with Crippen molar-refractivity contribution in [3.63, 3.8) is 0 Å². The van der Waals surface area contributed by atoms with E-state index < -0.39 is 0 Å². The third kappa shape index (κ3) is 3.44. The molecule has 2 aromatic heterocycles. The molecule has 0 N–H and O–H groups in total. The highest BCUT2D eigenvalue weighted by Gasteiger charge is 2.16. The minimum absolute atomic E-state index is 0.00896. The van der Waals surface area contributed by atoms with E-state index in [1.807, 2.05) is 22.4 Å². The van der Waals surface area contributed by atoms with Gasteiger partial charge in [-0.3, -0.25) is 14.2 Å². The fraction of sp³-hybridized carbons (Fsp3) is 0.438. The van der Waals surface area contributed by atoms with E-state index >= 15 is 0 Å². The van der Waals surface area contributed by atoms with Gasteiger partial charge in [0.1, 0.15) is 6.54 Å². The number of carbonyl (C=O) groups is 1. The van der Waals surface area contributed by atoms with Crippen LogP contribution in [0.5, 0.6) is 0 Å². The average Bonchev–Trinajstić information content (AvgIpc) is 2.91. The number of nitrogens with zero attached hydrogens (tertiary/aromatic N) is 3. The zero-order valence-electron chi connectivity index (χ0n) is 12.4. The van der Waals surface area contributed by atoms with Crippen LogP contribution in [0.25, 0.3) is 10.6 Å². The van der Waals surface area contributed by atoms with Crippen molar-refractivity contribution in [3.05, 3.63) is 40.3 Å². The molecular weight excluding hydrogens is 298 g/mol. The Morgan fingerprint density at radius 2 is 2.00 bits per heavy atom. The van der Waals surface area contributed by atoms with Crippen LogP contribution in [0, 0.1) is 0 Å². The van der Waals surface area contributed by atoms with E-state index in [1.54, 1.807) is 11.3 Å². The van der Waals surface area contributed by atoms with Gasteiger partial charge < -0.3 is 4.90 Å². The van der Waals surface area contributed by atoms with Gasteiger partial charge in [-0.05, 0) is 24.3 Å². The monoisotopic (exact) mass is 317 g/mol. The quantitative estimate of drug-likeness (QED) is 0.873. The Kier molecular flexibility index (Phi) is 4.68. The van der Waals surface area contributed by atoms with E-state index in [4.69, 9.17) is 0 Å².